The molecule has 0 aliphatic heterocycles. The first-order valence-electron chi connectivity index (χ1n) is 5.87. The van der Waals surface area contributed by atoms with Crippen LogP contribution in [-0.4, -0.2) is 19.5 Å². The van der Waals surface area contributed by atoms with Gasteiger partial charge in [0.05, 0.1) is 11.9 Å². The molecule has 1 N–H and O–H groups in total. The molecule has 0 bridgehead atoms. The van der Waals surface area contributed by atoms with E-state index in [1.807, 2.05) is 17.6 Å². The lowest BCUT2D eigenvalue weighted by molar-refractivity contribution is 0.723. The Labute approximate surface area is 131 Å². The van der Waals surface area contributed by atoms with E-state index in [0.29, 0.717) is 6.54 Å². The van der Waals surface area contributed by atoms with Crippen LogP contribution in [0.1, 0.15) is 23.8 Å². The number of thiazole rings is 1. The first-order chi connectivity index (χ1) is 9.54. The maximum Gasteiger partial charge on any atom is 0.304 e. The third-order valence-corrected chi connectivity index (χ3v) is 4.18. The maximum atomic E-state index is 11.2. The van der Waals surface area contributed by atoms with E-state index in [9.17, 15) is 4.79 Å². The lowest BCUT2D eigenvalue weighted by atomic mass is 10.4. The van der Waals surface area contributed by atoms with Crippen LogP contribution in [0.3, 0.4) is 0 Å². The summed E-state index contributed by atoms with van der Waals surface area (Å²) in [5.74, 6) is 0.735. The number of nitrogens with one attached hydrogen (secondary N) is 1. The highest BCUT2D eigenvalue weighted by Gasteiger charge is 2.17. The van der Waals surface area contributed by atoms with Crippen molar-refractivity contribution in [2.45, 2.75) is 18.8 Å². The molecule has 0 aliphatic carbocycles. The molecule has 3 aromatic rings. The number of alkyl halides is 1. The van der Waals surface area contributed by atoms with Gasteiger partial charge in [-0.05, 0) is 28.9 Å². The Morgan fingerprint density at radius 2 is 2.40 bits per heavy atom. The summed E-state index contributed by atoms with van der Waals surface area (Å²) in [7, 11) is 0. The van der Waals surface area contributed by atoms with Gasteiger partial charge in [-0.25, -0.2) is 9.97 Å². The van der Waals surface area contributed by atoms with Crippen LogP contribution in [0.4, 0.5) is 0 Å². The number of nitrogens with zero attached hydrogens (tertiary/aromatic N) is 3. The van der Waals surface area contributed by atoms with Crippen molar-refractivity contribution in [3.8, 4) is 0 Å². The molecule has 0 fully saturated rings. The molecule has 5 nitrogen and oxygen atoms in total. The smallest absolute Gasteiger partial charge is 0.304 e. The molecule has 1 atom stereocenters. The second-order valence-electron chi connectivity index (χ2n) is 4.34. The summed E-state index contributed by atoms with van der Waals surface area (Å²) in [6.07, 6.45) is 1.72. The predicted molar refractivity (Wildman–Crippen MR) is 83.5 cm³/mol. The van der Waals surface area contributed by atoms with Crippen molar-refractivity contribution in [3.05, 3.63) is 43.3 Å². The average molecular weight is 374 g/mol. The van der Waals surface area contributed by atoms with Gasteiger partial charge in [0.25, 0.3) is 0 Å². The lowest BCUT2D eigenvalue weighted by Crippen LogP contribution is -2.08. The molecule has 0 aromatic carbocycles. The molecule has 20 heavy (non-hydrogen) atoms. The summed E-state index contributed by atoms with van der Waals surface area (Å²) in [6.45, 7) is 2.36. The predicted octanol–water partition coefficient (Wildman–Crippen LogP) is 3.29. The van der Waals surface area contributed by atoms with Crippen LogP contribution in [0.2, 0.25) is 0 Å². The molecule has 3 heterocycles. The van der Waals surface area contributed by atoms with Crippen molar-refractivity contribution in [2.75, 3.05) is 0 Å². The minimum atomic E-state index is -0.242. The van der Waals surface area contributed by atoms with Gasteiger partial charge >= 0.3 is 4.87 Å². The Balaban J connectivity index is 2.15. The molecule has 8 heteroatoms. The summed E-state index contributed by atoms with van der Waals surface area (Å²) in [6, 6.07) is 1.90. The second kappa shape index (κ2) is 5.31. The zero-order valence-electron chi connectivity index (χ0n) is 10.4. The fourth-order valence-electron chi connectivity index (χ4n) is 2.03. The number of aromatic nitrogens is 4. The standard InChI is InChI=1S/C12H10BrClN4OS/c1-6(14)10-17-9-2-7(13)3-15-11(9)18(10)4-8-5-20-12(19)16-8/h2-3,5-6H,4H2,1H3,(H,16,19). The summed E-state index contributed by atoms with van der Waals surface area (Å²) in [5.41, 5.74) is 2.35. The van der Waals surface area contributed by atoms with Crippen LogP contribution >= 0.6 is 38.9 Å². The van der Waals surface area contributed by atoms with Gasteiger partial charge in [0, 0.05) is 21.7 Å². The summed E-state index contributed by atoms with van der Waals surface area (Å²) >= 11 is 10.7. The third-order valence-electron chi connectivity index (χ3n) is 2.84. The number of halogens is 2. The molecule has 0 saturated heterocycles. The number of rotatable bonds is 3. The molecule has 0 radical (unpaired) electrons. The number of H-pyrrole nitrogens is 1. The molecule has 104 valence electrons. The van der Waals surface area contributed by atoms with Crippen molar-refractivity contribution in [3.63, 3.8) is 0 Å². The van der Waals surface area contributed by atoms with Crippen LogP contribution in [0.25, 0.3) is 11.2 Å². The Morgan fingerprint density at radius 3 is 3.05 bits per heavy atom. The van der Waals surface area contributed by atoms with Gasteiger partial charge in [0.15, 0.2) is 5.65 Å². The van der Waals surface area contributed by atoms with E-state index in [4.69, 9.17) is 11.6 Å². The second-order valence-corrected chi connectivity index (χ2v) is 6.75. The highest BCUT2D eigenvalue weighted by molar-refractivity contribution is 9.10. The Kier molecular flexibility index (Phi) is 3.66. The molecule has 0 saturated carbocycles. The van der Waals surface area contributed by atoms with E-state index in [-0.39, 0.29) is 10.3 Å². The van der Waals surface area contributed by atoms with E-state index in [0.717, 1.165) is 38.5 Å². The normalized spacial score (nSPS) is 12.9. The summed E-state index contributed by atoms with van der Waals surface area (Å²) in [4.78, 5) is 22.9. The minimum Gasteiger partial charge on any atom is -0.315 e. The number of fused-ring (bicyclic) bond motifs is 1. The fraction of sp³-hybridized carbons (Fsp3) is 0.250. The molecule has 1 unspecified atom stereocenters. The number of imidazole rings is 1. The van der Waals surface area contributed by atoms with Crippen LogP contribution in [-0.2, 0) is 6.54 Å². The van der Waals surface area contributed by atoms with Crippen LogP contribution < -0.4 is 4.87 Å². The van der Waals surface area contributed by atoms with Crippen LogP contribution in [0, 0.1) is 0 Å². The van der Waals surface area contributed by atoms with E-state index in [1.165, 1.54) is 0 Å². The van der Waals surface area contributed by atoms with Crippen LogP contribution in [0.5, 0.6) is 0 Å². The number of pyridine rings is 1. The highest BCUT2D eigenvalue weighted by atomic mass is 79.9. The van der Waals surface area contributed by atoms with E-state index in [2.05, 4.69) is 30.9 Å². The number of aromatic amines is 1. The van der Waals surface area contributed by atoms with E-state index in [1.54, 1.807) is 11.6 Å². The van der Waals surface area contributed by atoms with Crippen molar-refractivity contribution in [1.82, 2.24) is 19.5 Å². The average Bonchev–Trinajstić information content (AvgIpc) is 2.94. The van der Waals surface area contributed by atoms with Crippen molar-refractivity contribution < 1.29 is 0 Å². The molecule has 0 spiro atoms. The van der Waals surface area contributed by atoms with Gasteiger partial charge < -0.3 is 9.55 Å². The largest absolute Gasteiger partial charge is 0.315 e. The Bertz CT molecular complexity index is 822. The first kappa shape index (κ1) is 13.8. The topological polar surface area (TPSA) is 63.6 Å². The molecule has 3 aromatic heterocycles. The first-order valence-corrected chi connectivity index (χ1v) is 7.98. The lowest BCUT2D eigenvalue weighted by Gasteiger charge is -2.08. The number of hydrogen-bond acceptors (Lipinski definition) is 4. The number of hydrogen-bond donors (Lipinski definition) is 1. The SMILES string of the molecule is CC(Cl)c1nc2cc(Br)cnc2n1Cc1csc(=O)[nH]1. The van der Waals surface area contributed by atoms with E-state index < -0.39 is 0 Å². The van der Waals surface area contributed by atoms with Gasteiger partial charge in [0.1, 0.15) is 11.3 Å². The van der Waals surface area contributed by atoms with Gasteiger partial charge in [0.2, 0.25) is 0 Å². The van der Waals surface area contributed by atoms with Gasteiger partial charge in [-0.1, -0.05) is 11.3 Å². The molecular formula is C12H10BrClN4OS. The maximum absolute atomic E-state index is 11.2. The zero-order valence-corrected chi connectivity index (χ0v) is 13.6. The highest BCUT2D eigenvalue weighted by Crippen LogP contribution is 2.25. The van der Waals surface area contributed by atoms with Gasteiger partial charge in [-0.3, -0.25) is 4.79 Å². The van der Waals surface area contributed by atoms with E-state index >= 15 is 0 Å². The van der Waals surface area contributed by atoms with Crippen LogP contribution in [0.15, 0.2) is 26.9 Å². The summed E-state index contributed by atoms with van der Waals surface area (Å²) < 4.78 is 2.80. The summed E-state index contributed by atoms with van der Waals surface area (Å²) in [5, 5.41) is 1.56. The molecule has 0 aliphatic rings. The molecule has 3 rings (SSSR count). The van der Waals surface area contributed by atoms with Gasteiger partial charge in [-0.2, -0.15) is 0 Å². The Morgan fingerprint density at radius 1 is 1.60 bits per heavy atom. The van der Waals surface area contributed by atoms with Crippen molar-refractivity contribution >= 4 is 50.0 Å². The van der Waals surface area contributed by atoms with Crippen molar-refractivity contribution in [1.29, 1.82) is 0 Å². The Hall–Kier alpha value is -1.18. The monoisotopic (exact) mass is 372 g/mol. The molecular weight excluding hydrogens is 364 g/mol. The quantitative estimate of drug-likeness (QED) is 0.717. The minimum absolute atomic E-state index is 0.0689. The van der Waals surface area contributed by atoms with Crippen molar-refractivity contribution in [2.24, 2.45) is 0 Å². The fourth-order valence-corrected chi connectivity index (χ4v) is 3.08. The zero-order chi connectivity index (χ0) is 14.3. The van der Waals surface area contributed by atoms with Gasteiger partial charge in [-0.15, -0.1) is 11.6 Å². The molecule has 0 amide bonds. The third kappa shape index (κ3) is 2.53.